The molecule has 6 nitrogen and oxygen atoms in total. The van der Waals surface area contributed by atoms with Crippen LogP contribution in [0.1, 0.15) is 43.9 Å². The minimum Gasteiger partial charge on any atom is -0.467 e. The first-order valence-electron chi connectivity index (χ1n) is 8.87. The van der Waals surface area contributed by atoms with Gasteiger partial charge in [-0.05, 0) is 50.8 Å². The second-order valence-corrected chi connectivity index (χ2v) is 6.44. The first kappa shape index (κ1) is 22.1. The summed E-state index contributed by atoms with van der Waals surface area (Å²) in [5.74, 6) is -0.772. The molecule has 0 aliphatic heterocycles. The van der Waals surface area contributed by atoms with Crippen LogP contribution in [0.5, 0.6) is 0 Å². The monoisotopic (exact) mass is 365 g/mol. The number of methoxy groups -OCH3 is 2. The van der Waals surface area contributed by atoms with Crippen molar-refractivity contribution in [1.29, 1.82) is 0 Å². The van der Waals surface area contributed by atoms with Gasteiger partial charge in [0.25, 0.3) is 5.91 Å². The number of anilines is 1. The van der Waals surface area contributed by atoms with Crippen LogP contribution in [0.25, 0.3) is 0 Å². The Kier molecular flexibility index (Phi) is 8.75. The Morgan fingerprint density at radius 2 is 1.81 bits per heavy atom. The molecule has 2 unspecified atom stereocenters. The third-order valence-electron chi connectivity index (χ3n) is 4.55. The Bertz CT molecular complexity index is 629. The molecular formula is C20H31NO5. The minimum absolute atomic E-state index is 0.117. The van der Waals surface area contributed by atoms with E-state index in [1.807, 2.05) is 32.9 Å². The molecule has 0 heterocycles. The van der Waals surface area contributed by atoms with E-state index in [1.165, 1.54) is 19.1 Å². The maximum atomic E-state index is 12.7. The van der Waals surface area contributed by atoms with Crippen molar-refractivity contribution >= 4 is 17.6 Å². The number of nitrogens with zero attached hydrogens (tertiary/aromatic N) is 1. The van der Waals surface area contributed by atoms with Gasteiger partial charge in [-0.3, -0.25) is 9.69 Å². The molecule has 0 saturated carbocycles. The van der Waals surface area contributed by atoms with Crippen molar-refractivity contribution in [2.45, 2.75) is 59.8 Å². The summed E-state index contributed by atoms with van der Waals surface area (Å²) in [6.07, 6.45) is 1.08. The molecule has 6 heteroatoms. The normalized spacial score (nSPS) is 13.2. The zero-order valence-corrected chi connectivity index (χ0v) is 16.9. The molecule has 1 aromatic rings. The summed E-state index contributed by atoms with van der Waals surface area (Å²) < 4.78 is 15.7. The average molecular weight is 365 g/mol. The minimum atomic E-state index is -0.759. The molecule has 1 rings (SSSR count). The van der Waals surface area contributed by atoms with Crippen LogP contribution in [-0.2, 0) is 30.4 Å². The lowest BCUT2D eigenvalue weighted by atomic mass is 10.0. The molecule has 0 saturated heterocycles. The van der Waals surface area contributed by atoms with E-state index >= 15 is 0 Å². The van der Waals surface area contributed by atoms with E-state index < -0.39 is 12.0 Å². The second-order valence-electron chi connectivity index (χ2n) is 6.44. The van der Waals surface area contributed by atoms with Gasteiger partial charge in [0.05, 0.1) is 25.5 Å². The third-order valence-corrected chi connectivity index (χ3v) is 4.55. The summed E-state index contributed by atoms with van der Waals surface area (Å²) in [6, 6.07) is 3.18. The van der Waals surface area contributed by atoms with E-state index in [9.17, 15) is 9.59 Å². The summed E-state index contributed by atoms with van der Waals surface area (Å²) in [5.41, 5.74) is 3.50. The summed E-state index contributed by atoms with van der Waals surface area (Å²) in [4.78, 5) is 26.3. The summed E-state index contributed by atoms with van der Waals surface area (Å²) in [6.45, 7) is 9.94. The number of aryl methyl sites for hydroxylation is 1. The van der Waals surface area contributed by atoms with Gasteiger partial charge in [-0.2, -0.15) is 0 Å². The van der Waals surface area contributed by atoms with Gasteiger partial charge in [0.1, 0.15) is 12.6 Å². The van der Waals surface area contributed by atoms with Crippen LogP contribution in [0.3, 0.4) is 0 Å². The van der Waals surface area contributed by atoms with Gasteiger partial charge in [0, 0.05) is 7.11 Å². The van der Waals surface area contributed by atoms with Crippen LogP contribution in [0, 0.1) is 13.8 Å². The molecule has 0 spiro atoms. The third kappa shape index (κ3) is 5.29. The van der Waals surface area contributed by atoms with E-state index in [2.05, 4.69) is 6.92 Å². The summed E-state index contributed by atoms with van der Waals surface area (Å²) in [5, 5.41) is 0. The van der Waals surface area contributed by atoms with Crippen LogP contribution in [0.15, 0.2) is 12.1 Å². The van der Waals surface area contributed by atoms with Crippen molar-refractivity contribution in [2.75, 3.05) is 25.7 Å². The van der Waals surface area contributed by atoms with Gasteiger partial charge in [0.2, 0.25) is 0 Å². The van der Waals surface area contributed by atoms with Crippen molar-refractivity contribution < 1.29 is 23.8 Å². The number of hydrogen-bond donors (Lipinski definition) is 0. The van der Waals surface area contributed by atoms with Crippen molar-refractivity contribution in [3.8, 4) is 0 Å². The molecule has 0 fully saturated rings. The molecule has 0 radical (unpaired) electrons. The van der Waals surface area contributed by atoms with Gasteiger partial charge in [-0.25, -0.2) is 4.79 Å². The van der Waals surface area contributed by atoms with Crippen molar-refractivity contribution in [3.05, 3.63) is 28.8 Å². The number of hydrogen-bond acceptors (Lipinski definition) is 5. The Balaban J connectivity index is 3.35. The predicted octanol–water partition coefficient (Wildman–Crippen LogP) is 3.16. The molecule has 0 aromatic heterocycles. The Morgan fingerprint density at radius 1 is 1.15 bits per heavy atom. The first-order chi connectivity index (χ1) is 12.3. The van der Waals surface area contributed by atoms with Crippen LogP contribution in [-0.4, -0.2) is 44.8 Å². The molecular weight excluding hydrogens is 334 g/mol. The SMILES string of the molecule is CCC(C)OCc1ccc(C)c(N(C(=O)COC)C(C)C(=O)OC)c1C. The molecule has 26 heavy (non-hydrogen) atoms. The average Bonchev–Trinajstić information content (AvgIpc) is 2.62. The van der Waals surface area contributed by atoms with E-state index in [4.69, 9.17) is 14.2 Å². The Morgan fingerprint density at radius 3 is 2.35 bits per heavy atom. The molecule has 0 bridgehead atoms. The number of carbonyl (C=O) groups excluding carboxylic acids is 2. The summed E-state index contributed by atoms with van der Waals surface area (Å²) in [7, 11) is 2.77. The van der Waals surface area contributed by atoms with E-state index in [0.717, 1.165) is 23.1 Å². The molecule has 1 amide bonds. The van der Waals surface area contributed by atoms with Crippen LogP contribution >= 0.6 is 0 Å². The lowest BCUT2D eigenvalue weighted by Gasteiger charge is -2.31. The van der Waals surface area contributed by atoms with Crippen LogP contribution in [0.2, 0.25) is 0 Å². The van der Waals surface area contributed by atoms with Crippen LogP contribution < -0.4 is 4.90 Å². The number of ether oxygens (including phenoxy) is 3. The van der Waals surface area contributed by atoms with Crippen molar-refractivity contribution in [2.24, 2.45) is 0 Å². The molecule has 0 aliphatic rings. The topological polar surface area (TPSA) is 65.1 Å². The van der Waals surface area contributed by atoms with Crippen LogP contribution in [0.4, 0.5) is 5.69 Å². The fourth-order valence-corrected chi connectivity index (χ4v) is 2.76. The molecule has 146 valence electrons. The second kappa shape index (κ2) is 10.3. The molecule has 0 N–H and O–H groups in total. The standard InChI is InChI=1S/C20H31NO5/c1-8-14(3)26-11-17-10-9-13(2)19(15(17)4)21(18(22)12-24-6)16(5)20(23)25-7/h9-10,14,16H,8,11-12H2,1-7H3. The van der Waals surface area contributed by atoms with Crippen molar-refractivity contribution in [1.82, 2.24) is 0 Å². The highest BCUT2D eigenvalue weighted by Gasteiger charge is 2.30. The predicted molar refractivity (Wildman–Crippen MR) is 101 cm³/mol. The highest BCUT2D eigenvalue weighted by atomic mass is 16.5. The fraction of sp³-hybridized carbons (Fsp3) is 0.600. The lowest BCUT2D eigenvalue weighted by Crippen LogP contribution is -2.46. The zero-order chi connectivity index (χ0) is 19.9. The van der Waals surface area contributed by atoms with E-state index in [1.54, 1.807) is 6.92 Å². The number of rotatable bonds is 9. The zero-order valence-electron chi connectivity index (χ0n) is 16.9. The number of benzene rings is 1. The van der Waals surface area contributed by atoms with E-state index in [-0.39, 0.29) is 18.6 Å². The number of amides is 1. The smallest absolute Gasteiger partial charge is 0.328 e. The highest BCUT2D eigenvalue weighted by molar-refractivity contribution is 6.01. The lowest BCUT2D eigenvalue weighted by molar-refractivity contribution is -0.143. The number of carbonyl (C=O) groups is 2. The van der Waals surface area contributed by atoms with Gasteiger partial charge in [0.15, 0.2) is 0 Å². The van der Waals surface area contributed by atoms with E-state index in [0.29, 0.717) is 12.3 Å². The maximum Gasteiger partial charge on any atom is 0.328 e. The molecule has 1 aromatic carbocycles. The van der Waals surface area contributed by atoms with Crippen molar-refractivity contribution in [3.63, 3.8) is 0 Å². The largest absolute Gasteiger partial charge is 0.467 e. The number of esters is 1. The van der Waals surface area contributed by atoms with Gasteiger partial charge < -0.3 is 14.2 Å². The molecule has 2 atom stereocenters. The van der Waals surface area contributed by atoms with Gasteiger partial charge in [-0.1, -0.05) is 19.1 Å². The van der Waals surface area contributed by atoms with Gasteiger partial charge >= 0.3 is 5.97 Å². The summed E-state index contributed by atoms with van der Waals surface area (Å²) >= 11 is 0. The Labute approximate surface area is 156 Å². The first-order valence-corrected chi connectivity index (χ1v) is 8.87. The fourth-order valence-electron chi connectivity index (χ4n) is 2.76. The quantitative estimate of drug-likeness (QED) is 0.629. The molecule has 0 aliphatic carbocycles. The highest BCUT2D eigenvalue weighted by Crippen LogP contribution is 2.30. The Hall–Kier alpha value is -1.92. The maximum absolute atomic E-state index is 12.7. The van der Waals surface area contributed by atoms with Gasteiger partial charge in [-0.15, -0.1) is 0 Å².